The van der Waals surface area contributed by atoms with Gasteiger partial charge in [-0.15, -0.1) is 0 Å². The Kier molecular flexibility index (Phi) is 4.31. The number of rotatable bonds is 5. The number of methoxy groups -OCH3 is 1. The van der Waals surface area contributed by atoms with Gasteiger partial charge in [-0.3, -0.25) is 4.79 Å². The molecule has 0 spiro atoms. The van der Waals surface area contributed by atoms with E-state index in [1.807, 2.05) is 11.8 Å². The lowest BCUT2D eigenvalue weighted by atomic mass is 9.75. The maximum atomic E-state index is 12.0. The number of carbonyl (C=O) groups is 1. The van der Waals surface area contributed by atoms with Gasteiger partial charge in [0.05, 0.1) is 5.60 Å². The molecule has 1 heterocycles. The Morgan fingerprint density at radius 2 is 2.06 bits per heavy atom. The molecule has 0 bridgehead atoms. The van der Waals surface area contributed by atoms with Crippen LogP contribution in [-0.4, -0.2) is 30.0 Å². The fraction of sp³-hybridized carbons (Fsp3) is 0.923. The van der Waals surface area contributed by atoms with E-state index in [1.54, 1.807) is 7.11 Å². The van der Waals surface area contributed by atoms with Crippen LogP contribution in [0.4, 0.5) is 0 Å². The third-order valence-corrected chi connectivity index (χ3v) is 5.12. The lowest BCUT2D eigenvalue weighted by Crippen LogP contribution is -2.41. The molecular weight excluding hydrogens is 220 g/mol. The minimum Gasteiger partial charge on any atom is -0.378 e. The molecule has 2 aliphatic rings. The molecular formula is C13H22O2S. The van der Waals surface area contributed by atoms with Crippen molar-refractivity contribution in [3.05, 3.63) is 0 Å². The average Bonchev–Trinajstić information content (AvgIpc) is 2.25. The van der Waals surface area contributed by atoms with E-state index in [2.05, 4.69) is 0 Å². The normalized spacial score (nSPS) is 25.1. The first-order chi connectivity index (χ1) is 7.74. The Bertz CT molecular complexity index is 237. The zero-order chi connectivity index (χ0) is 11.4. The molecule has 0 unspecified atom stereocenters. The number of hydrogen-bond donors (Lipinski definition) is 0. The Morgan fingerprint density at radius 3 is 2.56 bits per heavy atom. The van der Waals surface area contributed by atoms with Crippen LogP contribution in [-0.2, 0) is 9.53 Å². The van der Waals surface area contributed by atoms with Gasteiger partial charge in [0, 0.05) is 20.0 Å². The molecule has 0 aromatic carbocycles. The highest BCUT2D eigenvalue weighted by atomic mass is 32.2. The van der Waals surface area contributed by atoms with Gasteiger partial charge in [0.25, 0.3) is 0 Å². The molecule has 1 saturated carbocycles. The first-order valence-electron chi connectivity index (χ1n) is 6.39. The highest BCUT2D eigenvalue weighted by molar-refractivity contribution is 7.99. The van der Waals surface area contributed by atoms with E-state index < -0.39 is 0 Å². The van der Waals surface area contributed by atoms with E-state index in [1.165, 1.54) is 30.8 Å². The van der Waals surface area contributed by atoms with Crippen molar-refractivity contribution in [1.29, 1.82) is 0 Å². The fourth-order valence-corrected chi connectivity index (χ4v) is 3.93. The summed E-state index contributed by atoms with van der Waals surface area (Å²) in [5.41, 5.74) is -0.0689. The minimum absolute atomic E-state index is 0.0689. The molecule has 1 aliphatic carbocycles. The molecule has 3 heteroatoms. The number of ether oxygens (including phenoxy) is 1. The summed E-state index contributed by atoms with van der Waals surface area (Å²) < 4.78 is 5.51. The van der Waals surface area contributed by atoms with Crippen LogP contribution in [0, 0.1) is 5.92 Å². The number of hydrogen-bond acceptors (Lipinski definition) is 3. The summed E-state index contributed by atoms with van der Waals surface area (Å²) in [4.78, 5) is 12.0. The summed E-state index contributed by atoms with van der Waals surface area (Å²) in [5, 5.41) is 0. The second kappa shape index (κ2) is 5.54. The minimum atomic E-state index is -0.0689. The Balaban J connectivity index is 1.74. The van der Waals surface area contributed by atoms with Crippen molar-refractivity contribution in [3.63, 3.8) is 0 Å². The number of thioether (sulfide) groups is 1. The number of Topliss-reactive ketones (excluding diaryl/α,β-unsaturated/α-hetero) is 1. The molecule has 2 rings (SSSR count). The first kappa shape index (κ1) is 12.4. The smallest absolute Gasteiger partial charge is 0.136 e. The van der Waals surface area contributed by atoms with Crippen molar-refractivity contribution < 1.29 is 9.53 Å². The van der Waals surface area contributed by atoms with Gasteiger partial charge in [-0.05, 0) is 49.5 Å². The third kappa shape index (κ3) is 3.01. The van der Waals surface area contributed by atoms with E-state index in [0.29, 0.717) is 18.1 Å². The molecule has 2 fully saturated rings. The molecule has 0 aromatic rings. The van der Waals surface area contributed by atoms with Gasteiger partial charge in [0.1, 0.15) is 5.78 Å². The molecule has 0 amide bonds. The summed E-state index contributed by atoms with van der Waals surface area (Å²) in [7, 11) is 1.75. The van der Waals surface area contributed by atoms with Crippen molar-refractivity contribution in [2.45, 2.75) is 50.5 Å². The van der Waals surface area contributed by atoms with Crippen LogP contribution in [0.3, 0.4) is 0 Å². The van der Waals surface area contributed by atoms with Gasteiger partial charge in [-0.25, -0.2) is 0 Å². The Labute approximate surface area is 103 Å². The third-order valence-electron chi connectivity index (χ3n) is 4.07. The van der Waals surface area contributed by atoms with Crippen LogP contribution in [0.1, 0.15) is 44.9 Å². The zero-order valence-electron chi connectivity index (χ0n) is 10.2. The van der Waals surface area contributed by atoms with Crippen LogP contribution in [0.5, 0.6) is 0 Å². The van der Waals surface area contributed by atoms with E-state index in [0.717, 1.165) is 19.3 Å². The maximum Gasteiger partial charge on any atom is 0.136 e. The van der Waals surface area contributed by atoms with Crippen LogP contribution in [0.2, 0.25) is 0 Å². The molecule has 1 aliphatic heterocycles. The Hall–Kier alpha value is -0.0200. The first-order valence-corrected chi connectivity index (χ1v) is 7.54. The molecule has 2 nitrogen and oxygen atoms in total. The van der Waals surface area contributed by atoms with Crippen LogP contribution in [0.15, 0.2) is 0 Å². The highest BCUT2D eigenvalue weighted by Gasteiger charge is 2.39. The van der Waals surface area contributed by atoms with E-state index in [9.17, 15) is 4.79 Å². The lowest BCUT2D eigenvalue weighted by molar-refractivity contribution is -0.133. The van der Waals surface area contributed by atoms with Crippen LogP contribution < -0.4 is 0 Å². The van der Waals surface area contributed by atoms with Crippen LogP contribution in [0.25, 0.3) is 0 Å². The number of ketones is 1. The summed E-state index contributed by atoms with van der Waals surface area (Å²) in [6, 6.07) is 0. The van der Waals surface area contributed by atoms with Crippen LogP contribution >= 0.6 is 11.8 Å². The molecule has 16 heavy (non-hydrogen) atoms. The Morgan fingerprint density at radius 1 is 1.38 bits per heavy atom. The predicted octanol–water partition coefficient (Wildman–Crippen LogP) is 3.05. The average molecular weight is 242 g/mol. The molecule has 0 atom stereocenters. The van der Waals surface area contributed by atoms with Crippen molar-refractivity contribution in [1.82, 2.24) is 0 Å². The maximum absolute atomic E-state index is 12.0. The van der Waals surface area contributed by atoms with Crippen molar-refractivity contribution in [2.75, 3.05) is 18.6 Å². The summed E-state index contributed by atoms with van der Waals surface area (Å²) in [5.74, 6) is 3.57. The monoisotopic (exact) mass is 242 g/mol. The SMILES string of the molecule is COC1(CC(=O)CC2CCSCC2)CCC1. The molecule has 92 valence electrons. The summed E-state index contributed by atoms with van der Waals surface area (Å²) >= 11 is 2.02. The second-order valence-corrected chi connectivity index (χ2v) is 6.44. The van der Waals surface area contributed by atoms with E-state index in [-0.39, 0.29) is 5.60 Å². The van der Waals surface area contributed by atoms with Gasteiger partial charge < -0.3 is 4.74 Å². The van der Waals surface area contributed by atoms with E-state index >= 15 is 0 Å². The van der Waals surface area contributed by atoms with Gasteiger partial charge in [-0.2, -0.15) is 11.8 Å². The standard InChI is InChI=1S/C13H22O2S/c1-15-13(5-2-6-13)10-12(14)9-11-3-7-16-8-4-11/h11H,2-10H2,1H3. The summed E-state index contributed by atoms with van der Waals surface area (Å²) in [6.07, 6.45) is 7.30. The summed E-state index contributed by atoms with van der Waals surface area (Å²) in [6.45, 7) is 0. The molecule has 0 radical (unpaired) electrons. The van der Waals surface area contributed by atoms with Gasteiger partial charge in [-0.1, -0.05) is 0 Å². The van der Waals surface area contributed by atoms with Gasteiger partial charge in [0.2, 0.25) is 0 Å². The van der Waals surface area contributed by atoms with Gasteiger partial charge in [0.15, 0.2) is 0 Å². The second-order valence-electron chi connectivity index (χ2n) is 5.22. The topological polar surface area (TPSA) is 26.3 Å². The predicted molar refractivity (Wildman–Crippen MR) is 67.9 cm³/mol. The lowest BCUT2D eigenvalue weighted by Gasteiger charge is -2.40. The zero-order valence-corrected chi connectivity index (χ0v) is 11.0. The quantitative estimate of drug-likeness (QED) is 0.741. The highest BCUT2D eigenvalue weighted by Crippen LogP contribution is 2.39. The van der Waals surface area contributed by atoms with E-state index in [4.69, 9.17) is 4.74 Å². The number of carbonyl (C=O) groups excluding carboxylic acids is 1. The molecule has 0 aromatic heterocycles. The fourth-order valence-electron chi connectivity index (χ4n) is 2.73. The largest absolute Gasteiger partial charge is 0.378 e. The molecule has 1 saturated heterocycles. The molecule has 0 N–H and O–H groups in total. The van der Waals surface area contributed by atoms with Gasteiger partial charge >= 0.3 is 0 Å². The van der Waals surface area contributed by atoms with Crippen molar-refractivity contribution in [3.8, 4) is 0 Å². The van der Waals surface area contributed by atoms with Crippen molar-refractivity contribution >= 4 is 17.5 Å². The van der Waals surface area contributed by atoms with Crippen molar-refractivity contribution in [2.24, 2.45) is 5.92 Å².